The van der Waals surface area contributed by atoms with Crippen LogP contribution in [0.1, 0.15) is 30.9 Å². The van der Waals surface area contributed by atoms with E-state index in [4.69, 9.17) is 4.42 Å². The molecule has 0 saturated heterocycles. The Kier molecular flexibility index (Phi) is 4.64. The van der Waals surface area contributed by atoms with Gasteiger partial charge in [-0.3, -0.25) is 0 Å². The molecule has 0 bridgehead atoms. The van der Waals surface area contributed by atoms with Gasteiger partial charge < -0.3 is 14.6 Å². The van der Waals surface area contributed by atoms with Crippen LogP contribution in [0.25, 0.3) is 11.3 Å². The molecule has 1 aliphatic heterocycles. The minimum Gasteiger partial charge on any atom is -0.479 e. The topological polar surface area (TPSA) is 70.7 Å². The molecule has 0 spiro atoms. The summed E-state index contributed by atoms with van der Waals surface area (Å²) < 4.78 is 5.63. The van der Waals surface area contributed by atoms with E-state index in [-0.39, 0.29) is 12.3 Å². The smallest absolute Gasteiger partial charge is 0.336 e. The zero-order chi connectivity index (χ0) is 18.0. The van der Waals surface area contributed by atoms with Crippen LogP contribution in [0, 0.1) is 5.92 Å². The van der Waals surface area contributed by atoms with Gasteiger partial charge in [-0.15, -0.1) is 0 Å². The van der Waals surface area contributed by atoms with E-state index in [1.165, 1.54) is 0 Å². The Morgan fingerprint density at radius 3 is 2.44 bits per heavy atom. The van der Waals surface area contributed by atoms with E-state index < -0.39 is 17.5 Å². The number of carboxylic acid groups (broad SMARTS) is 1. The maximum absolute atomic E-state index is 12.1. The maximum Gasteiger partial charge on any atom is 0.336 e. The molecule has 0 saturated carbocycles. The van der Waals surface area contributed by atoms with Gasteiger partial charge in [-0.25, -0.2) is 4.79 Å². The Labute approximate surface area is 147 Å². The second kappa shape index (κ2) is 6.73. The van der Waals surface area contributed by atoms with Crippen molar-refractivity contribution < 1.29 is 19.4 Å². The predicted octanol–water partition coefficient (Wildman–Crippen LogP) is 4.18. The third-order valence-corrected chi connectivity index (χ3v) is 4.71. The van der Waals surface area contributed by atoms with Gasteiger partial charge in [-0.1, -0.05) is 56.3 Å². The monoisotopic (exact) mass is 338 g/mol. The van der Waals surface area contributed by atoms with Gasteiger partial charge in [0.25, 0.3) is 0 Å². The van der Waals surface area contributed by atoms with Crippen LogP contribution in [0.5, 0.6) is 0 Å². The SMILES string of the molecule is CC(C)C(c1ccc2cccoc1-2)C(O)(Cc1ccccc1)C(=O)O. The highest BCUT2D eigenvalue weighted by molar-refractivity contribution is 5.80. The molecule has 130 valence electrons. The fraction of sp³-hybridized carbons (Fsp3) is 0.286. The second-order valence-corrected chi connectivity index (χ2v) is 6.80. The quantitative estimate of drug-likeness (QED) is 0.707. The summed E-state index contributed by atoms with van der Waals surface area (Å²) >= 11 is 0. The summed E-state index contributed by atoms with van der Waals surface area (Å²) in [6, 6.07) is 16.7. The molecule has 0 fully saturated rings. The van der Waals surface area contributed by atoms with Crippen molar-refractivity contribution in [3.8, 4) is 11.3 Å². The van der Waals surface area contributed by atoms with E-state index in [0.717, 1.165) is 16.7 Å². The van der Waals surface area contributed by atoms with Crippen molar-refractivity contribution in [1.29, 1.82) is 0 Å². The largest absolute Gasteiger partial charge is 0.479 e. The van der Waals surface area contributed by atoms with E-state index in [1.807, 2.05) is 62.4 Å². The highest BCUT2D eigenvalue weighted by Gasteiger charge is 2.48. The van der Waals surface area contributed by atoms with Crippen molar-refractivity contribution in [3.05, 3.63) is 72.0 Å². The van der Waals surface area contributed by atoms with E-state index in [1.54, 1.807) is 12.3 Å². The summed E-state index contributed by atoms with van der Waals surface area (Å²) in [5, 5.41) is 21.2. The van der Waals surface area contributed by atoms with Gasteiger partial charge >= 0.3 is 5.97 Å². The lowest BCUT2D eigenvalue weighted by Crippen LogP contribution is -2.48. The summed E-state index contributed by atoms with van der Waals surface area (Å²) in [5.74, 6) is -1.28. The Balaban J connectivity index is 2.09. The molecular weight excluding hydrogens is 316 g/mol. The standard InChI is InChI=1S/C21H22O4/c1-14(2)18(17-11-10-16-9-6-12-25-19(16)17)21(24,20(22)23)13-15-7-4-3-5-8-15/h3-12,14,18,24H,13H2,1-2H3,(H,22,23). The molecule has 2 atom stereocenters. The lowest BCUT2D eigenvalue weighted by molar-refractivity contribution is -0.162. The van der Waals surface area contributed by atoms with E-state index in [2.05, 4.69) is 0 Å². The number of carbonyl (C=O) groups is 1. The van der Waals surface area contributed by atoms with E-state index in [0.29, 0.717) is 5.76 Å². The van der Waals surface area contributed by atoms with Gasteiger partial charge in [0, 0.05) is 23.5 Å². The summed E-state index contributed by atoms with van der Waals surface area (Å²) in [6.07, 6.45) is 1.60. The highest BCUT2D eigenvalue weighted by Crippen LogP contribution is 2.43. The Bertz CT molecular complexity index is 821. The molecule has 1 aromatic rings. The van der Waals surface area contributed by atoms with E-state index in [9.17, 15) is 15.0 Å². The number of hydrogen-bond donors (Lipinski definition) is 2. The second-order valence-electron chi connectivity index (χ2n) is 6.80. The van der Waals surface area contributed by atoms with Gasteiger partial charge in [0.2, 0.25) is 0 Å². The lowest BCUT2D eigenvalue weighted by Gasteiger charge is -2.35. The van der Waals surface area contributed by atoms with Crippen molar-refractivity contribution in [2.75, 3.05) is 0 Å². The lowest BCUT2D eigenvalue weighted by atomic mass is 9.72. The molecule has 3 rings (SSSR count). The van der Waals surface area contributed by atoms with Crippen LogP contribution in [-0.2, 0) is 11.2 Å². The first-order valence-electron chi connectivity index (χ1n) is 8.39. The molecule has 1 heterocycles. The first-order valence-corrected chi connectivity index (χ1v) is 8.39. The molecule has 0 aromatic heterocycles. The molecule has 0 amide bonds. The van der Waals surface area contributed by atoms with E-state index >= 15 is 0 Å². The Hall–Kier alpha value is -2.59. The fourth-order valence-electron chi connectivity index (χ4n) is 3.65. The van der Waals surface area contributed by atoms with Crippen molar-refractivity contribution in [2.45, 2.75) is 31.8 Å². The van der Waals surface area contributed by atoms with Crippen molar-refractivity contribution in [1.82, 2.24) is 0 Å². The van der Waals surface area contributed by atoms with Crippen LogP contribution in [0.3, 0.4) is 0 Å². The number of aliphatic carboxylic acids is 1. The molecule has 4 nitrogen and oxygen atoms in total. The molecule has 2 N–H and O–H groups in total. The molecule has 1 aromatic carbocycles. The number of fused-ring (bicyclic) bond motifs is 1. The third-order valence-electron chi connectivity index (χ3n) is 4.71. The predicted molar refractivity (Wildman–Crippen MR) is 95.6 cm³/mol. The highest BCUT2D eigenvalue weighted by atomic mass is 16.4. The average molecular weight is 338 g/mol. The molecule has 2 unspecified atom stereocenters. The van der Waals surface area contributed by atoms with Gasteiger partial charge in [-0.05, 0) is 23.6 Å². The molecule has 4 heteroatoms. The first kappa shape index (κ1) is 17.2. The zero-order valence-corrected chi connectivity index (χ0v) is 14.3. The fourth-order valence-corrected chi connectivity index (χ4v) is 3.65. The minimum absolute atomic E-state index is 0.0333. The molecule has 1 aliphatic carbocycles. The summed E-state index contributed by atoms with van der Waals surface area (Å²) in [6.45, 7) is 3.84. The number of aliphatic hydroxyl groups is 1. The molecule has 25 heavy (non-hydrogen) atoms. The van der Waals surface area contributed by atoms with Crippen LogP contribution < -0.4 is 0 Å². The van der Waals surface area contributed by atoms with Crippen molar-refractivity contribution >= 4 is 5.97 Å². The first-order chi connectivity index (χ1) is 11.9. The molecule has 0 radical (unpaired) electrons. The summed E-state index contributed by atoms with van der Waals surface area (Å²) in [5.41, 5.74) is 0.482. The maximum atomic E-state index is 12.1. The van der Waals surface area contributed by atoms with Gasteiger partial charge in [0.1, 0.15) is 5.76 Å². The molecular formula is C21H22O4. The minimum atomic E-state index is -1.93. The normalized spacial score (nSPS) is 15.2. The third kappa shape index (κ3) is 3.17. The summed E-state index contributed by atoms with van der Waals surface area (Å²) in [4.78, 5) is 12.1. The Morgan fingerprint density at radius 1 is 1.08 bits per heavy atom. The molecule has 2 aliphatic rings. The van der Waals surface area contributed by atoms with Gasteiger partial charge in [0.05, 0.1) is 6.26 Å². The van der Waals surface area contributed by atoms with Crippen LogP contribution in [-0.4, -0.2) is 21.8 Å². The Morgan fingerprint density at radius 2 is 1.80 bits per heavy atom. The average Bonchev–Trinajstić information content (AvgIpc) is 2.99. The van der Waals surface area contributed by atoms with Crippen LogP contribution in [0.15, 0.2) is 65.3 Å². The van der Waals surface area contributed by atoms with Crippen LogP contribution in [0.4, 0.5) is 0 Å². The van der Waals surface area contributed by atoms with Gasteiger partial charge in [0.15, 0.2) is 5.60 Å². The summed E-state index contributed by atoms with van der Waals surface area (Å²) in [7, 11) is 0. The van der Waals surface area contributed by atoms with Gasteiger partial charge in [-0.2, -0.15) is 0 Å². The van der Waals surface area contributed by atoms with Crippen LogP contribution in [0.2, 0.25) is 0 Å². The number of hydrogen-bond acceptors (Lipinski definition) is 3. The number of rotatable bonds is 6. The van der Waals surface area contributed by atoms with Crippen LogP contribution >= 0.6 is 0 Å². The number of carboxylic acids is 1. The zero-order valence-electron chi connectivity index (χ0n) is 14.3. The number of benzene rings is 1. The van der Waals surface area contributed by atoms with Crippen molar-refractivity contribution in [2.24, 2.45) is 5.92 Å². The van der Waals surface area contributed by atoms with Crippen molar-refractivity contribution in [3.63, 3.8) is 0 Å².